The third-order valence-corrected chi connectivity index (χ3v) is 2.54. The molecule has 21 heavy (non-hydrogen) atoms. The predicted octanol–water partition coefficient (Wildman–Crippen LogP) is 3.31. The van der Waals surface area contributed by atoms with Gasteiger partial charge in [0.05, 0.1) is 12.7 Å². The van der Waals surface area contributed by atoms with E-state index in [0.717, 1.165) is 0 Å². The molecule has 0 unspecified atom stereocenters. The average molecular weight is 291 g/mol. The van der Waals surface area contributed by atoms with E-state index >= 15 is 0 Å². The Morgan fingerprint density at radius 1 is 1.24 bits per heavy atom. The Morgan fingerprint density at radius 2 is 2.05 bits per heavy atom. The molecule has 0 spiro atoms. The third kappa shape index (κ3) is 3.79. The first-order chi connectivity index (χ1) is 10.1. The molecule has 0 radical (unpaired) electrons. The molecule has 5 nitrogen and oxygen atoms in total. The van der Waals surface area contributed by atoms with Crippen LogP contribution in [0, 0.1) is 11.3 Å². The van der Waals surface area contributed by atoms with E-state index in [4.69, 9.17) is 10.00 Å². The number of anilines is 2. The van der Waals surface area contributed by atoms with Crippen molar-refractivity contribution in [1.29, 1.82) is 5.26 Å². The van der Waals surface area contributed by atoms with Crippen LogP contribution in [-0.4, -0.2) is 18.7 Å². The number of nitrogens with one attached hydrogen (secondary N) is 1. The van der Waals surface area contributed by atoms with Crippen LogP contribution in [0.25, 0.3) is 0 Å². The van der Waals surface area contributed by atoms with Gasteiger partial charge in [-0.1, -0.05) is 0 Å². The molecule has 2 aromatic rings. The standard InChI is InChI=1S/C14H11F2N3O2/c1-20-11-4-3-10(6-12(11)21-14(15)16)19-13-5-2-9(7-17)8-18-13/h2-6,8,14H,1H3,(H,18,19). The number of hydrogen-bond acceptors (Lipinski definition) is 5. The van der Waals surface area contributed by atoms with E-state index in [1.54, 1.807) is 18.2 Å². The number of halogens is 2. The number of ether oxygens (including phenoxy) is 2. The van der Waals surface area contributed by atoms with Crippen molar-refractivity contribution in [3.8, 4) is 17.6 Å². The largest absolute Gasteiger partial charge is 0.493 e. The Hall–Kier alpha value is -2.88. The van der Waals surface area contributed by atoms with Crippen molar-refractivity contribution < 1.29 is 18.3 Å². The van der Waals surface area contributed by atoms with Crippen molar-refractivity contribution in [2.75, 3.05) is 12.4 Å². The minimum absolute atomic E-state index is 0.0776. The van der Waals surface area contributed by atoms with Gasteiger partial charge in [0.15, 0.2) is 11.5 Å². The molecule has 0 aliphatic rings. The fourth-order valence-electron chi connectivity index (χ4n) is 1.62. The topological polar surface area (TPSA) is 67.2 Å². The fraction of sp³-hybridized carbons (Fsp3) is 0.143. The monoisotopic (exact) mass is 291 g/mol. The Kier molecular flexibility index (Phi) is 4.51. The van der Waals surface area contributed by atoms with Crippen LogP contribution < -0.4 is 14.8 Å². The second-order valence-electron chi connectivity index (χ2n) is 3.91. The molecule has 1 N–H and O–H groups in total. The lowest BCUT2D eigenvalue weighted by atomic mass is 10.2. The number of nitrogens with zero attached hydrogens (tertiary/aromatic N) is 2. The van der Waals surface area contributed by atoms with Gasteiger partial charge >= 0.3 is 6.61 Å². The summed E-state index contributed by atoms with van der Waals surface area (Å²) in [6, 6.07) is 9.67. The van der Waals surface area contributed by atoms with Gasteiger partial charge in [0, 0.05) is 18.0 Å². The van der Waals surface area contributed by atoms with Crippen LogP contribution in [0.2, 0.25) is 0 Å². The van der Waals surface area contributed by atoms with Gasteiger partial charge in [-0.15, -0.1) is 0 Å². The van der Waals surface area contributed by atoms with E-state index in [0.29, 0.717) is 17.1 Å². The number of aromatic nitrogens is 1. The molecule has 2 rings (SSSR count). The third-order valence-electron chi connectivity index (χ3n) is 2.54. The molecule has 108 valence electrons. The van der Waals surface area contributed by atoms with E-state index in [1.165, 1.54) is 25.4 Å². The molecule has 0 saturated heterocycles. The molecule has 1 aromatic carbocycles. The molecule has 0 fully saturated rings. The van der Waals surface area contributed by atoms with Crippen molar-refractivity contribution >= 4 is 11.5 Å². The van der Waals surface area contributed by atoms with Gasteiger partial charge in [-0.2, -0.15) is 14.0 Å². The number of methoxy groups -OCH3 is 1. The van der Waals surface area contributed by atoms with Crippen LogP contribution >= 0.6 is 0 Å². The maximum atomic E-state index is 12.3. The first kappa shape index (κ1) is 14.5. The molecule has 0 aliphatic carbocycles. The summed E-state index contributed by atoms with van der Waals surface area (Å²) in [5.41, 5.74) is 0.931. The molecular weight excluding hydrogens is 280 g/mol. The van der Waals surface area contributed by atoms with Gasteiger partial charge in [0.25, 0.3) is 0 Å². The van der Waals surface area contributed by atoms with E-state index in [-0.39, 0.29) is 11.5 Å². The Labute approximate surface area is 119 Å². The van der Waals surface area contributed by atoms with Crippen molar-refractivity contribution in [2.45, 2.75) is 6.61 Å². The van der Waals surface area contributed by atoms with Crippen LogP contribution in [0.3, 0.4) is 0 Å². The van der Waals surface area contributed by atoms with Crippen molar-refractivity contribution in [1.82, 2.24) is 4.98 Å². The zero-order valence-electron chi connectivity index (χ0n) is 11.0. The van der Waals surface area contributed by atoms with Gasteiger partial charge in [-0.05, 0) is 24.3 Å². The lowest BCUT2D eigenvalue weighted by molar-refractivity contribution is -0.0511. The molecule has 1 heterocycles. The zero-order valence-corrected chi connectivity index (χ0v) is 11.0. The second kappa shape index (κ2) is 6.52. The van der Waals surface area contributed by atoms with Gasteiger partial charge in [0.1, 0.15) is 11.9 Å². The highest BCUT2D eigenvalue weighted by molar-refractivity contribution is 5.61. The van der Waals surface area contributed by atoms with Gasteiger partial charge in [-0.3, -0.25) is 0 Å². The quantitative estimate of drug-likeness (QED) is 0.915. The maximum Gasteiger partial charge on any atom is 0.387 e. The zero-order chi connectivity index (χ0) is 15.2. The highest BCUT2D eigenvalue weighted by Crippen LogP contribution is 2.32. The molecule has 0 bridgehead atoms. The van der Waals surface area contributed by atoms with Gasteiger partial charge in [-0.25, -0.2) is 4.98 Å². The van der Waals surface area contributed by atoms with Crippen LogP contribution in [0.15, 0.2) is 36.5 Å². The second-order valence-corrected chi connectivity index (χ2v) is 3.91. The fourth-order valence-corrected chi connectivity index (χ4v) is 1.62. The highest BCUT2D eigenvalue weighted by atomic mass is 19.3. The van der Waals surface area contributed by atoms with Crippen molar-refractivity contribution in [3.63, 3.8) is 0 Å². The normalized spacial score (nSPS) is 10.0. The average Bonchev–Trinajstić information content (AvgIpc) is 2.48. The molecule has 1 aromatic heterocycles. The van der Waals surface area contributed by atoms with E-state index in [2.05, 4.69) is 15.0 Å². The lowest BCUT2D eigenvalue weighted by Crippen LogP contribution is -2.04. The molecule has 7 heteroatoms. The maximum absolute atomic E-state index is 12.3. The van der Waals surface area contributed by atoms with E-state index in [9.17, 15) is 8.78 Å². The summed E-state index contributed by atoms with van der Waals surface area (Å²) < 4.78 is 34.0. The number of pyridine rings is 1. The summed E-state index contributed by atoms with van der Waals surface area (Å²) in [6.07, 6.45) is 1.41. The molecule has 0 aliphatic heterocycles. The number of rotatable bonds is 5. The summed E-state index contributed by atoms with van der Waals surface area (Å²) >= 11 is 0. The van der Waals surface area contributed by atoms with Crippen molar-refractivity contribution in [2.24, 2.45) is 0 Å². The van der Waals surface area contributed by atoms with Crippen LogP contribution in [-0.2, 0) is 0 Å². The summed E-state index contributed by atoms with van der Waals surface area (Å²) in [4.78, 5) is 4.02. The van der Waals surface area contributed by atoms with Gasteiger partial charge < -0.3 is 14.8 Å². The number of nitriles is 1. The molecule has 0 saturated carbocycles. The Morgan fingerprint density at radius 3 is 2.62 bits per heavy atom. The minimum Gasteiger partial charge on any atom is -0.493 e. The van der Waals surface area contributed by atoms with Crippen LogP contribution in [0.5, 0.6) is 11.5 Å². The summed E-state index contributed by atoms with van der Waals surface area (Å²) in [6.45, 7) is -2.94. The van der Waals surface area contributed by atoms with Crippen LogP contribution in [0.1, 0.15) is 5.56 Å². The number of hydrogen-bond donors (Lipinski definition) is 1. The summed E-state index contributed by atoms with van der Waals surface area (Å²) in [5.74, 6) is 0.599. The number of benzene rings is 1. The Bertz CT molecular complexity index is 654. The minimum atomic E-state index is -2.94. The Balaban J connectivity index is 2.21. The van der Waals surface area contributed by atoms with E-state index < -0.39 is 6.61 Å². The SMILES string of the molecule is COc1ccc(Nc2ccc(C#N)cn2)cc1OC(F)F. The first-order valence-corrected chi connectivity index (χ1v) is 5.88. The molecule has 0 atom stereocenters. The van der Waals surface area contributed by atoms with Gasteiger partial charge in [0.2, 0.25) is 0 Å². The summed E-state index contributed by atoms with van der Waals surface area (Å²) in [5, 5.41) is 11.6. The first-order valence-electron chi connectivity index (χ1n) is 5.88. The van der Waals surface area contributed by atoms with Crippen LogP contribution in [0.4, 0.5) is 20.3 Å². The van der Waals surface area contributed by atoms with E-state index in [1.807, 2.05) is 6.07 Å². The highest BCUT2D eigenvalue weighted by Gasteiger charge is 2.11. The summed E-state index contributed by atoms with van der Waals surface area (Å²) in [7, 11) is 1.36. The molecule has 0 amide bonds. The molecular formula is C14H11F2N3O2. The van der Waals surface area contributed by atoms with Crippen molar-refractivity contribution in [3.05, 3.63) is 42.1 Å². The smallest absolute Gasteiger partial charge is 0.387 e. The lowest BCUT2D eigenvalue weighted by Gasteiger charge is -2.12. The number of alkyl halides is 2. The predicted molar refractivity (Wildman–Crippen MR) is 71.9 cm³/mol.